The second-order valence-corrected chi connectivity index (χ2v) is 19.6. The molecule has 2 N–H and O–H groups in total. The van der Waals surface area contributed by atoms with E-state index in [1.807, 2.05) is 6.92 Å². The quantitative estimate of drug-likeness (QED) is 0.150. The van der Waals surface area contributed by atoms with Gasteiger partial charge < -0.3 is 10.2 Å². The number of rotatable bonds is 9. The summed E-state index contributed by atoms with van der Waals surface area (Å²) in [6, 6.07) is 27.1. The van der Waals surface area contributed by atoms with E-state index in [9.17, 15) is 5.11 Å². The maximum atomic E-state index is 11.4. The molecule has 5 rings (SSSR count). The van der Waals surface area contributed by atoms with Gasteiger partial charge in [-0.15, -0.1) is 0 Å². The Kier molecular flexibility index (Phi) is 11.3. The Balaban J connectivity index is 1.89. The van der Waals surface area contributed by atoms with E-state index >= 15 is 0 Å². The zero-order chi connectivity index (χ0) is 36.7. The number of hydrogen-bond acceptors (Lipinski definition) is 3. The van der Waals surface area contributed by atoms with Gasteiger partial charge in [-0.05, 0) is 147 Å². The molecule has 5 aromatic rings. The Labute approximate surface area is 303 Å². The lowest BCUT2D eigenvalue weighted by molar-refractivity contribution is 0.219. The molecule has 0 heterocycles. The first-order chi connectivity index (χ1) is 23.5. The Morgan fingerprint density at radius 2 is 0.900 bits per heavy atom. The molecule has 5 aromatic carbocycles. The molecular weight excluding hydrogens is 646 g/mol. The van der Waals surface area contributed by atoms with Crippen molar-refractivity contribution in [2.75, 3.05) is 11.2 Å². The van der Waals surface area contributed by atoms with E-state index in [1.54, 1.807) is 0 Å². The number of benzene rings is 5. The SMILES string of the molecule is Cc1cc(C)c(P(Nc2ccccc2N=P(C[C@@H](C)O)(c2c(C)cc(C)cc2C)c2c(C)cc(C)cc2C)c2c(C)cc(C)cc2C)c(C)c1. The second kappa shape index (κ2) is 15.0. The van der Waals surface area contributed by atoms with Crippen LogP contribution >= 0.6 is 15.1 Å². The third-order valence-corrected chi connectivity index (χ3v) is 16.9. The van der Waals surface area contributed by atoms with Gasteiger partial charge in [-0.1, -0.05) is 82.9 Å². The van der Waals surface area contributed by atoms with Crippen LogP contribution in [0.15, 0.2) is 77.5 Å². The summed E-state index contributed by atoms with van der Waals surface area (Å²) in [4.78, 5) is 0. The molecule has 5 heteroatoms. The van der Waals surface area contributed by atoms with Crippen LogP contribution in [0, 0.1) is 83.1 Å². The number of hydrogen-bond donors (Lipinski definition) is 2. The minimum atomic E-state index is -2.59. The molecule has 262 valence electrons. The van der Waals surface area contributed by atoms with Crippen molar-refractivity contribution in [3.8, 4) is 0 Å². The maximum Gasteiger partial charge on any atom is 0.0855 e. The van der Waals surface area contributed by atoms with E-state index in [0.717, 1.165) is 11.4 Å². The fourth-order valence-corrected chi connectivity index (χ4v) is 15.9. The average molecular weight is 703 g/mol. The second-order valence-electron chi connectivity index (χ2n) is 14.9. The fourth-order valence-electron chi connectivity index (χ4n) is 8.56. The van der Waals surface area contributed by atoms with Gasteiger partial charge >= 0.3 is 0 Å². The number of para-hydroxylation sites is 1. The summed E-state index contributed by atoms with van der Waals surface area (Å²) in [6.07, 6.45) is 0.0260. The van der Waals surface area contributed by atoms with Crippen molar-refractivity contribution in [3.05, 3.63) is 140 Å². The molecule has 0 aliphatic heterocycles. The van der Waals surface area contributed by atoms with Gasteiger partial charge in [0.25, 0.3) is 0 Å². The molecule has 0 bridgehead atoms. The first-order valence-corrected chi connectivity index (χ1v) is 21.1. The lowest BCUT2D eigenvalue weighted by Gasteiger charge is -2.34. The van der Waals surface area contributed by atoms with Crippen molar-refractivity contribution >= 4 is 47.7 Å². The minimum absolute atomic E-state index is 0.541. The molecule has 0 aromatic heterocycles. The zero-order valence-corrected chi connectivity index (χ0v) is 34.3. The molecule has 0 radical (unpaired) electrons. The smallest absolute Gasteiger partial charge is 0.0855 e. The Morgan fingerprint density at radius 1 is 0.560 bits per heavy atom. The van der Waals surface area contributed by atoms with Crippen LogP contribution in [-0.4, -0.2) is 17.4 Å². The predicted octanol–water partition coefficient (Wildman–Crippen LogP) is 10.7. The number of aliphatic hydroxyl groups is 1. The molecule has 1 atom stereocenters. The third-order valence-electron chi connectivity index (χ3n) is 9.67. The number of aryl methyl sites for hydroxylation is 12. The highest BCUT2D eigenvalue weighted by Crippen LogP contribution is 2.55. The molecule has 0 saturated carbocycles. The highest BCUT2D eigenvalue weighted by atomic mass is 31.2. The number of anilines is 1. The van der Waals surface area contributed by atoms with E-state index in [0.29, 0.717) is 6.16 Å². The topological polar surface area (TPSA) is 44.6 Å². The van der Waals surface area contributed by atoms with Gasteiger partial charge in [-0.25, -0.2) is 0 Å². The van der Waals surface area contributed by atoms with Gasteiger partial charge in [0.1, 0.15) is 0 Å². The summed E-state index contributed by atoms with van der Waals surface area (Å²) in [6.45, 7) is 28.6. The highest BCUT2D eigenvalue weighted by Gasteiger charge is 2.34. The van der Waals surface area contributed by atoms with Gasteiger partial charge in [-0.2, -0.15) is 0 Å². The van der Waals surface area contributed by atoms with Crippen LogP contribution in [0.5, 0.6) is 0 Å². The maximum absolute atomic E-state index is 11.4. The van der Waals surface area contributed by atoms with Crippen LogP contribution in [0.25, 0.3) is 0 Å². The monoisotopic (exact) mass is 702 g/mol. The van der Waals surface area contributed by atoms with Crippen molar-refractivity contribution in [2.45, 2.75) is 96.1 Å². The van der Waals surface area contributed by atoms with E-state index in [4.69, 9.17) is 4.74 Å². The van der Waals surface area contributed by atoms with E-state index in [2.05, 4.69) is 161 Å². The molecular formula is C45H56N2OP2. The van der Waals surface area contributed by atoms with Crippen LogP contribution in [0.2, 0.25) is 0 Å². The van der Waals surface area contributed by atoms with Crippen LogP contribution in [0.1, 0.15) is 73.7 Å². The van der Waals surface area contributed by atoms with Crippen LogP contribution in [-0.2, 0) is 0 Å². The van der Waals surface area contributed by atoms with Gasteiger partial charge in [0, 0.05) is 34.4 Å². The van der Waals surface area contributed by atoms with Gasteiger partial charge in [-0.3, -0.25) is 4.74 Å². The molecule has 50 heavy (non-hydrogen) atoms. The number of nitrogens with zero attached hydrogens (tertiary/aromatic N) is 1. The lowest BCUT2D eigenvalue weighted by atomic mass is 10.1. The molecule has 0 aliphatic carbocycles. The summed E-state index contributed by atoms with van der Waals surface area (Å²) in [5, 5.41) is 20.9. The van der Waals surface area contributed by atoms with Gasteiger partial charge in [0.15, 0.2) is 0 Å². The minimum Gasteiger partial charge on any atom is -0.393 e. The summed E-state index contributed by atoms with van der Waals surface area (Å²) in [5.74, 6) is 0. The number of nitrogens with one attached hydrogen (secondary N) is 1. The van der Waals surface area contributed by atoms with Crippen molar-refractivity contribution in [1.82, 2.24) is 0 Å². The summed E-state index contributed by atoms with van der Waals surface area (Å²) in [5.41, 5.74) is 17.2. The van der Waals surface area contributed by atoms with Crippen molar-refractivity contribution in [1.29, 1.82) is 0 Å². The standard InChI is InChI=1S/C45H56N2OP2/c1-27-18-31(5)42(32(6)19-27)49(43-33(7)20-28(2)21-34(43)8)46-40-16-14-15-17-41(40)47-50(26-39(13)48,44-35(9)22-29(3)23-36(44)10)45-37(11)24-30(4)25-38(45)12/h14-25,39,46,48H,26H2,1-13H3/t39-/m1/s1. The van der Waals surface area contributed by atoms with Gasteiger partial charge in [0.2, 0.25) is 0 Å². The zero-order valence-electron chi connectivity index (χ0n) is 32.5. The molecule has 0 amide bonds. The lowest BCUT2D eigenvalue weighted by Crippen LogP contribution is -2.30. The predicted molar refractivity (Wildman–Crippen MR) is 224 cm³/mol. The van der Waals surface area contributed by atoms with Crippen molar-refractivity contribution < 1.29 is 5.11 Å². The summed E-state index contributed by atoms with van der Waals surface area (Å²) >= 11 is 0. The molecule has 3 nitrogen and oxygen atoms in total. The summed E-state index contributed by atoms with van der Waals surface area (Å²) < 4.78 is 6.03. The van der Waals surface area contributed by atoms with Crippen LogP contribution in [0.3, 0.4) is 0 Å². The molecule has 0 fully saturated rings. The first-order valence-electron chi connectivity index (χ1n) is 17.8. The Hall–Kier alpha value is -3.48. The Morgan fingerprint density at radius 3 is 1.26 bits per heavy atom. The molecule has 0 saturated heterocycles. The van der Waals surface area contributed by atoms with E-state index in [1.165, 1.54) is 88.0 Å². The molecule has 0 spiro atoms. The Bertz CT molecular complexity index is 1930. The number of aliphatic hydroxyl groups excluding tert-OH is 1. The molecule has 0 aliphatic rings. The van der Waals surface area contributed by atoms with E-state index in [-0.39, 0.29) is 0 Å². The highest BCUT2D eigenvalue weighted by molar-refractivity contribution is 7.81. The van der Waals surface area contributed by atoms with Crippen LogP contribution < -0.4 is 26.3 Å². The summed E-state index contributed by atoms with van der Waals surface area (Å²) in [7, 11) is -3.59. The average Bonchev–Trinajstić information content (AvgIpc) is 2.95. The third kappa shape index (κ3) is 7.57. The molecule has 0 unspecified atom stereocenters. The van der Waals surface area contributed by atoms with Gasteiger partial charge in [0.05, 0.1) is 25.6 Å². The normalized spacial score (nSPS) is 12.4. The fraction of sp³-hybridized carbons (Fsp3) is 0.333. The van der Waals surface area contributed by atoms with E-state index < -0.39 is 21.2 Å². The first kappa shape index (κ1) is 37.8. The van der Waals surface area contributed by atoms with Crippen LogP contribution in [0.4, 0.5) is 11.4 Å². The largest absolute Gasteiger partial charge is 0.393 e. The van der Waals surface area contributed by atoms with Crippen molar-refractivity contribution in [3.63, 3.8) is 0 Å². The van der Waals surface area contributed by atoms with Crippen molar-refractivity contribution in [2.24, 2.45) is 4.74 Å².